The van der Waals surface area contributed by atoms with Gasteiger partial charge in [-0.05, 0) is 19.8 Å². The summed E-state index contributed by atoms with van der Waals surface area (Å²) in [5.74, 6) is 0.158. The number of carbonyl (C=O) groups excluding carboxylic acids is 1. The largest absolute Gasteiger partial charge is 0.347 e. The third kappa shape index (κ3) is 3.36. The van der Waals surface area contributed by atoms with Crippen molar-refractivity contribution in [3.05, 3.63) is 16.9 Å². The lowest BCUT2D eigenvalue weighted by Crippen LogP contribution is -2.33. The lowest BCUT2D eigenvalue weighted by molar-refractivity contribution is 0.0936. The van der Waals surface area contributed by atoms with Gasteiger partial charge in [0.2, 0.25) is 5.95 Å². The van der Waals surface area contributed by atoms with Crippen LogP contribution in [0.5, 0.6) is 0 Å². The van der Waals surface area contributed by atoms with Crippen LogP contribution in [0.15, 0.2) is 6.20 Å². The van der Waals surface area contributed by atoms with E-state index >= 15 is 0 Å². The van der Waals surface area contributed by atoms with Crippen molar-refractivity contribution in [1.82, 2.24) is 15.3 Å². The van der Waals surface area contributed by atoms with Gasteiger partial charge in [-0.2, -0.15) is 5.26 Å². The molecule has 1 atom stereocenters. The molecule has 2 rings (SSSR count). The van der Waals surface area contributed by atoms with Gasteiger partial charge in [-0.1, -0.05) is 11.6 Å². The summed E-state index contributed by atoms with van der Waals surface area (Å²) in [4.78, 5) is 22.6. The molecule has 1 aromatic heterocycles. The van der Waals surface area contributed by atoms with Gasteiger partial charge in [-0.25, -0.2) is 9.97 Å². The number of hydrogen-bond acceptors (Lipinski definition) is 5. The molecule has 0 bridgehead atoms. The second kappa shape index (κ2) is 6.53. The molecule has 1 N–H and O–H groups in total. The normalized spacial score (nSPS) is 15.8. The molecule has 2 heterocycles. The molecule has 7 heteroatoms. The second-order valence-electron chi connectivity index (χ2n) is 4.80. The maximum Gasteiger partial charge on any atom is 0.271 e. The Morgan fingerprint density at radius 3 is 2.95 bits per heavy atom. The summed E-state index contributed by atoms with van der Waals surface area (Å²) in [6.07, 6.45) is 3.90. The number of rotatable bonds is 4. The molecule has 6 nitrogen and oxygen atoms in total. The molecule has 0 radical (unpaired) electrons. The van der Waals surface area contributed by atoms with Crippen LogP contribution in [0.3, 0.4) is 0 Å². The third-order valence-electron chi connectivity index (χ3n) is 3.11. The Morgan fingerprint density at radius 1 is 1.60 bits per heavy atom. The van der Waals surface area contributed by atoms with Gasteiger partial charge in [0, 0.05) is 19.1 Å². The van der Waals surface area contributed by atoms with Crippen LogP contribution in [0.2, 0.25) is 5.02 Å². The van der Waals surface area contributed by atoms with Crippen LogP contribution >= 0.6 is 11.6 Å². The van der Waals surface area contributed by atoms with Crippen LogP contribution in [0.1, 0.15) is 36.7 Å². The molecule has 0 aromatic carbocycles. The van der Waals surface area contributed by atoms with Crippen LogP contribution in [0.25, 0.3) is 0 Å². The summed E-state index contributed by atoms with van der Waals surface area (Å²) >= 11 is 5.99. The first-order valence-corrected chi connectivity index (χ1v) is 6.95. The van der Waals surface area contributed by atoms with Crippen LogP contribution in [-0.2, 0) is 0 Å². The fraction of sp³-hybridized carbons (Fsp3) is 0.538. The quantitative estimate of drug-likeness (QED) is 0.915. The molecule has 1 saturated heterocycles. The van der Waals surface area contributed by atoms with E-state index in [4.69, 9.17) is 16.9 Å². The smallest absolute Gasteiger partial charge is 0.271 e. The summed E-state index contributed by atoms with van der Waals surface area (Å²) in [6.45, 7) is 3.55. The number of hydrogen-bond donors (Lipinski definition) is 1. The Kier molecular flexibility index (Phi) is 4.74. The van der Waals surface area contributed by atoms with Crippen LogP contribution in [-0.4, -0.2) is 35.0 Å². The van der Waals surface area contributed by atoms with Crippen molar-refractivity contribution in [2.75, 3.05) is 18.0 Å². The number of halogens is 1. The number of anilines is 1. The number of nitrogens with zero attached hydrogens (tertiary/aromatic N) is 4. The fourth-order valence-electron chi connectivity index (χ4n) is 2.07. The summed E-state index contributed by atoms with van der Waals surface area (Å²) in [5.41, 5.74) is 0.161. The van der Waals surface area contributed by atoms with Gasteiger partial charge < -0.3 is 10.2 Å². The number of nitrogens with one attached hydrogen (secondary N) is 1. The predicted octanol–water partition coefficient (Wildman–Crippen LogP) is 1.76. The molecule has 1 aliphatic rings. The second-order valence-corrected chi connectivity index (χ2v) is 5.20. The molecular weight excluding hydrogens is 278 g/mol. The van der Waals surface area contributed by atoms with Crippen molar-refractivity contribution in [2.45, 2.75) is 32.2 Å². The Hall–Kier alpha value is -1.87. The first kappa shape index (κ1) is 14.5. The fourth-order valence-corrected chi connectivity index (χ4v) is 2.24. The standard InChI is InChI=1S/C13H16ClN5O/c1-9(4-5-15)17-12(20)11-10(14)8-16-13(18-11)19-6-2-3-7-19/h8-9H,2-4,6-7H2,1H3,(H,17,20)/t9-/m0/s1. The molecule has 0 spiro atoms. The topological polar surface area (TPSA) is 81.9 Å². The van der Waals surface area contributed by atoms with Gasteiger partial charge in [0.1, 0.15) is 0 Å². The van der Waals surface area contributed by atoms with Gasteiger partial charge in [0.15, 0.2) is 5.69 Å². The van der Waals surface area contributed by atoms with E-state index in [9.17, 15) is 4.79 Å². The van der Waals surface area contributed by atoms with E-state index in [1.165, 1.54) is 6.20 Å². The Balaban J connectivity index is 2.15. The molecule has 106 valence electrons. The van der Waals surface area contributed by atoms with E-state index in [0.717, 1.165) is 25.9 Å². The minimum absolute atomic E-state index is 0.161. The zero-order valence-electron chi connectivity index (χ0n) is 11.3. The zero-order chi connectivity index (χ0) is 14.5. The molecule has 1 aliphatic heterocycles. The highest BCUT2D eigenvalue weighted by Crippen LogP contribution is 2.19. The number of carbonyl (C=O) groups is 1. The van der Waals surface area contributed by atoms with Crippen LogP contribution in [0.4, 0.5) is 5.95 Å². The summed E-state index contributed by atoms with van der Waals surface area (Å²) in [7, 11) is 0. The molecule has 0 aliphatic carbocycles. The van der Waals surface area contributed by atoms with Crippen LogP contribution < -0.4 is 10.2 Å². The van der Waals surface area contributed by atoms with Gasteiger partial charge >= 0.3 is 0 Å². The van der Waals surface area contributed by atoms with E-state index < -0.39 is 0 Å². The molecule has 0 unspecified atom stereocenters. The van der Waals surface area contributed by atoms with Gasteiger partial charge in [-0.3, -0.25) is 4.79 Å². The van der Waals surface area contributed by atoms with Gasteiger partial charge in [0.25, 0.3) is 5.91 Å². The predicted molar refractivity (Wildman–Crippen MR) is 75.6 cm³/mol. The van der Waals surface area contributed by atoms with Crippen molar-refractivity contribution < 1.29 is 4.79 Å². The Morgan fingerprint density at radius 2 is 2.30 bits per heavy atom. The summed E-state index contributed by atoms with van der Waals surface area (Å²) < 4.78 is 0. The Bertz CT molecular complexity index is 536. The van der Waals surface area contributed by atoms with Crippen molar-refractivity contribution in [2.24, 2.45) is 0 Å². The lowest BCUT2D eigenvalue weighted by Gasteiger charge is -2.16. The van der Waals surface area contributed by atoms with E-state index in [2.05, 4.69) is 15.3 Å². The van der Waals surface area contributed by atoms with E-state index in [1.54, 1.807) is 6.92 Å². The molecule has 20 heavy (non-hydrogen) atoms. The number of amides is 1. The zero-order valence-corrected chi connectivity index (χ0v) is 12.0. The maximum atomic E-state index is 12.1. The molecule has 1 amide bonds. The average molecular weight is 294 g/mol. The van der Waals surface area contributed by atoms with E-state index in [-0.39, 0.29) is 29.1 Å². The Labute approximate surface area is 122 Å². The first-order valence-electron chi connectivity index (χ1n) is 6.57. The monoisotopic (exact) mass is 293 g/mol. The number of aromatic nitrogens is 2. The summed E-state index contributed by atoms with van der Waals surface area (Å²) in [6, 6.07) is 1.76. The average Bonchev–Trinajstić information content (AvgIpc) is 2.93. The van der Waals surface area contributed by atoms with Gasteiger partial charge in [0.05, 0.1) is 23.7 Å². The molecule has 1 aromatic rings. The highest BCUT2D eigenvalue weighted by Gasteiger charge is 2.20. The van der Waals surface area contributed by atoms with E-state index in [0.29, 0.717) is 5.95 Å². The van der Waals surface area contributed by atoms with Crippen LogP contribution in [0, 0.1) is 11.3 Å². The highest BCUT2D eigenvalue weighted by atomic mass is 35.5. The lowest BCUT2D eigenvalue weighted by atomic mass is 10.2. The van der Waals surface area contributed by atoms with Crippen molar-refractivity contribution in [1.29, 1.82) is 5.26 Å². The minimum Gasteiger partial charge on any atom is -0.347 e. The third-order valence-corrected chi connectivity index (χ3v) is 3.39. The minimum atomic E-state index is -0.374. The van der Waals surface area contributed by atoms with Crippen molar-refractivity contribution in [3.63, 3.8) is 0 Å². The number of nitriles is 1. The first-order chi connectivity index (χ1) is 9.61. The van der Waals surface area contributed by atoms with Gasteiger partial charge in [-0.15, -0.1) is 0 Å². The summed E-state index contributed by atoms with van der Waals surface area (Å²) in [5, 5.41) is 11.5. The van der Waals surface area contributed by atoms with Crippen molar-refractivity contribution >= 4 is 23.5 Å². The van der Waals surface area contributed by atoms with E-state index in [1.807, 2.05) is 11.0 Å². The molecule has 1 fully saturated rings. The SMILES string of the molecule is C[C@@H](CC#N)NC(=O)c1nc(N2CCCC2)ncc1Cl. The maximum absolute atomic E-state index is 12.1. The highest BCUT2D eigenvalue weighted by molar-refractivity contribution is 6.33. The molecule has 0 saturated carbocycles. The molecular formula is C13H16ClN5O. The van der Waals surface area contributed by atoms with Crippen molar-refractivity contribution in [3.8, 4) is 6.07 Å².